The molecular formula is C20H25N3OSi. The topological polar surface area (TPSA) is 47.4 Å². The van der Waals surface area contributed by atoms with Crippen molar-refractivity contribution in [3.63, 3.8) is 0 Å². The zero-order valence-electron chi connectivity index (χ0n) is 15.2. The summed E-state index contributed by atoms with van der Waals surface area (Å²) in [6.07, 6.45) is 5.56. The quantitative estimate of drug-likeness (QED) is 0.605. The van der Waals surface area contributed by atoms with Crippen molar-refractivity contribution in [1.82, 2.24) is 9.97 Å². The van der Waals surface area contributed by atoms with E-state index >= 15 is 0 Å². The van der Waals surface area contributed by atoms with E-state index in [1.165, 1.54) is 22.9 Å². The Morgan fingerprint density at radius 2 is 1.88 bits per heavy atom. The van der Waals surface area contributed by atoms with Crippen molar-refractivity contribution in [3.8, 4) is 0 Å². The molecule has 4 rings (SSSR count). The number of aromatic nitrogens is 2. The smallest absolute Gasteiger partial charge is 0.156 e. The van der Waals surface area contributed by atoms with E-state index in [4.69, 9.17) is 9.73 Å². The Kier molecular flexibility index (Phi) is 4.08. The molecule has 0 saturated carbocycles. The van der Waals surface area contributed by atoms with Crippen molar-refractivity contribution < 1.29 is 4.74 Å². The van der Waals surface area contributed by atoms with Gasteiger partial charge in [-0.25, -0.2) is 9.98 Å². The summed E-state index contributed by atoms with van der Waals surface area (Å²) < 4.78 is 6.07. The van der Waals surface area contributed by atoms with Crippen LogP contribution in [0.4, 0.5) is 5.82 Å². The molecule has 4 nitrogen and oxygen atoms in total. The van der Waals surface area contributed by atoms with Gasteiger partial charge in [-0.3, -0.25) is 4.98 Å². The molecule has 1 atom stereocenters. The Morgan fingerprint density at radius 3 is 2.68 bits per heavy atom. The summed E-state index contributed by atoms with van der Waals surface area (Å²) in [4.78, 5) is 14.0. The molecule has 0 aromatic carbocycles. The lowest BCUT2D eigenvalue weighted by atomic mass is 9.76. The van der Waals surface area contributed by atoms with Crippen LogP contribution in [0.25, 0.3) is 0 Å². The lowest BCUT2D eigenvalue weighted by Crippen LogP contribution is -2.37. The second kappa shape index (κ2) is 6.14. The molecule has 5 heteroatoms. The number of ether oxygens (including phenoxy) is 1. The molecule has 3 heterocycles. The number of pyridine rings is 2. The van der Waals surface area contributed by atoms with Gasteiger partial charge in [-0.05, 0) is 30.2 Å². The van der Waals surface area contributed by atoms with Crippen LogP contribution in [0.3, 0.4) is 0 Å². The van der Waals surface area contributed by atoms with Crippen molar-refractivity contribution >= 4 is 19.6 Å². The first kappa shape index (κ1) is 16.6. The summed E-state index contributed by atoms with van der Waals surface area (Å²) in [5.74, 6) is 0.860. The molecule has 2 aromatic rings. The third-order valence-corrected chi connectivity index (χ3v) is 6.98. The fourth-order valence-electron chi connectivity index (χ4n) is 3.83. The molecule has 25 heavy (non-hydrogen) atoms. The van der Waals surface area contributed by atoms with Gasteiger partial charge in [0.05, 0.1) is 12.3 Å². The SMILES string of the molecule is C[Si](C)(C)CCOCC1=Nc2ncccc2C12Cc1cccnc1C2. The number of fused-ring (bicyclic) bond motifs is 3. The maximum absolute atomic E-state index is 6.07. The molecule has 0 radical (unpaired) electrons. The zero-order valence-corrected chi connectivity index (χ0v) is 16.2. The predicted molar refractivity (Wildman–Crippen MR) is 104 cm³/mol. The number of nitrogens with zero attached hydrogens (tertiary/aromatic N) is 3. The first-order valence-corrected chi connectivity index (χ1v) is 12.7. The van der Waals surface area contributed by atoms with E-state index in [2.05, 4.69) is 41.7 Å². The summed E-state index contributed by atoms with van der Waals surface area (Å²) in [5, 5.41) is 0. The fraction of sp³-hybridized carbons (Fsp3) is 0.450. The van der Waals surface area contributed by atoms with E-state index in [0.717, 1.165) is 31.0 Å². The zero-order chi connectivity index (χ0) is 17.5. The highest BCUT2D eigenvalue weighted by Crippen LogP contribution is 2.47. The van der Waals surface area contributed by atoms with Gasteiger partial charge in [0.25, 0.3) is 0 Å². The number of aliphatic imine (C=N–C) groups is 1. The molecule has 2 aromatic heterocycles. The molecule has 2 aliphatic rings. The highest BCUT2D eigenvalue weighted by Gasteiger charge is 2.48. The summed E-state index contributed by atoms with van der Waals surface area (Å²) in [7, 11) is -1.08. The van der Waals surface area contributed by atoms with Crippen molar-refractivity contribution in [2.24, 2.45) is 4.99 Å². The minimum Gasteiger partial charge on any atom is -0.376 e. The van der Waals surface area contributed by atoms with Gasteiger partial charge in [-0.15, -0.1) is 0 Å². The van der Waals surface area contributed by atoms with Crippen molar-refractivity contribution in [2.45, 2.75) is 43.9 Å². The first-order valence-electron chi connectivity index (χ1n) is 9.02. The lowest BCUT2D eigenvalue weighted by Gasteiger charge is -2.26. The molecule has 1 spiro atoms. The van der Waals surface area contributed by atoms with Crippen LogP contribution >= 0.6 is 0 Å². The fourth-order valence-corrected chi connectivity index (χ4v) is 4.58. The van der Waals surface area contributed by atoms with Crippen LogP contribution in [0, 0.1) is 0 Å². The van der Waals surface area contributed by atoms with Gasteiger partial charge in [-0.1, -0.05) is 31.8 Å². The number of hydrogen-bond donors (Lipinski definition) is 0. The molecule has 1 unspecified atom stereocenters. The Hall–Kier alpha value is -1.85. The van der Waals surface area contributed by atoms with Gasteiger partial charge < -0.3 is 4.74 Å². The van der Waals surface area contributed by atoms with Gasteiger partial charge in [0.15, 0.2) is 5.82 Å². The van der Waals surface area contributed by atoms with E-state index < -0.39 is 8.07 Å². The van der Waals surface area contributed by atoms with E-state index in [1.54, 1.807) is 0 Å². The van der Waals surface area contributed by atoms with Crippen LogP contribution in [0.15, 0.2) is 41.7 Å². The van der Waals surface area contributed by atoms with Crippen LogP contribution in [0.5, 0.6) is 0 Å². The van der Waals surface area contributed by atoms with Crippen LogP contribution < -0.4 is 0 Å². The van der Waals surface area contributed by atoms with Gasteiger partial charge >= 0.3 is 0 Å². The van der Waals surface area contributed by atoms with Crippen LogP contribution in [0.2, 0.25) is 25.7 Å². The minimum atomic E-state index is -1.08. The molecule has 0 saturated heterocycles. The Morgan fingerprint density at radius 1 is 1.08 bits per heavy atom. The third-order valence-electron chi connectivity index (χ3n) is 5.28. The molecule has 0 bridgehead atoms. The summed E-state index contributed by atoms with van der Waals surface area (Å²) in [6.45, 7) is 8.55. The van der Waals surface area contributed by atoms with E-state index in [0.29, 0.717) is 6.61 Å². The van der Waals surface area contributed by atoms with E-state index in [9.17, 15) is 0 Å². The Labute approximate surface area is 150 Å². The van der Waals surface area contributed by atoms with Crippen molar-refractivity contribution in [2.75, 3.05) is 13.2 Å². The molecule has 130 valence electrons. The maximum Gasteiger partial charge on any atom is 0.156 e. The van der Waals surface area contributed by atoms with E-state index in [1.807, 2.05) is 24.5 Å². The van der Waals surface area contributed by atoms with Crippen LogP contribution in [-0.4, -0.2) is 37.0 Å². The average Bonchev–Trinajstić information content (AvgIpc) is 3.10. The van der Waals surface area contributed by atoms with Crippen molar-refractivity contribution in [3.05, 3.63) is 53.5 Å². The number of hydrogen-bond acceptors (Lipinski definition) is 4. The van der Waals surface area contributed by atoms with Gasteiger partial charge in [-0.2, -0.15) is 0 Å². The maximum atomic E-state index is 6.07. The molecule has 1 aliphatic heterocycles. The molecular weight excluding hydrogens is 326 g/mol. The average molecular weight is 352 g/mol. The number of rotatable bonds is 5. The highest BCUT2D eigenvalue weighted by molar-refractivity contribution is 6.76. The normalized spacial score (nSPS) is 21.3. The summed E-state index contributed by atoms with van der Waals surface area (Å²) in [6, 6.07) is 9.59. The minimum absolute atomic E-state index is 0.112. The lowest BCUT2D eigenvalue weighted by molar-refractivity contribution is 0.182. The molecule has 0 amide bonds. The third kappa shape index (κ3) is 3.07. The first-order chi connectivity index (χ1) is 12.0. The van der Waals surface area contributed by atoms with E-state index in [-0.39, 0.29) is 5.41 Å². The molecule has 1 aliphatic carbocycles. The summed E-state index contributed by atoms with van der Waals surface area (Å²) in [5.41, 5.74) is 4.76. The second-order valence-electron chi connectivity index (χ2n) is 8.34. The Bertz CT molecular complexity index is 801. The largest absolute Gasteiger partial charge is 0.376 e. The molecule has 0 N–H and O–H groups in total. The summed E-state index contributed by atoms with van der Waals surface area (Å²) >= 11 is 0. The highest BCUT2D eigenvalue weighted by atomic mass is 28.3. The predicted octanol–water partition coefficient (Wildman–Crippen LogP) is 3.95. The van der Waals surface area contributed by atoms with Gasteiger partial charge in [0.1, 0.15) is 0 Å². The van der Waals surface area contributed by atoms with Crippen LogP contribution in [-0.2, 0) is 23.0 Å². The second-order valence-corrected chi connectivity index (χ2v) is 14.0. The van der Waals surface area contributed by atoms with Crippen molar-refractivity contribution in [1.29, 1.82) is 0 Å². The Balaban J connectivity index is 1.59. The monoisotopic (exact) mass is 351 g/mol. The van der Waals surface area contributed by atoms with Crippen LogP contribution in [0.1, 0.15) is 16.8 Å². The van der Waals surface area contributed by atoms with Gasteiger partial charge in [0, 0.05) is 50.2 Å². The molecule has 0 fully saturated rings. The standard InChI is InChI=1S/C20H25N3OSi/c1-25(2,3)11-10-24-14-18-20(16-7-5-9-22-19(16)23-18)12-15-6-4-8-21-17(15)13-20/h4-9H,10-14H2,1-3H3. The van der Waals surface area contributed by atoms with Gasteiger partial charge in [0.2, 0.25) is 0 Å².